The van der Waals surface area contributed by atoms with E-state index in [1.807, 2.05) is 0 Å². The molecule has 0 saturated heterocycles. The van der Waals surface area contributed by atoms with Crippen LogP contribution in [-0.2, 0) is 17.6 Å². The van der Waals surface area contributed by atoms with E-state index in [-0.39, 0.29) is 5.69 Å². The Morgan fingerprint density at radius 3 is 2.64 bits per heavy atom. The number of carbonyl (C=O) groups excluding carboxylic acids is 1. The Balaban J connectivity index is 1.83. The Labute approximate surface area is 127 Å². The molecule has 0 radical (unpaired) electrons. The number of aliphatic carboxylic acids is 1. The van der Waals surface area contributed by atoms with Gasteiger partial charge in [0.15, 0.2) is 11.7 Å². The van der Waals surface area contributed by atoms with Crippen LogP contribution in [0.15, 0.2) is 34.9 Å². The standard InChI is InChI=1S/C16H16N2O4/c19-15(14-11-8-4-5-9-12(11)22-18-14)17-13(16(20)21)10-6-2-1-3-7-10/h1-3,6-7,13H,4-5,8-9H2,(H,17,19)(H,20,21)/t13-/m1/s1. The number of nitrogens with zero attached hydrogens (tertiary/aromatic N) is 1. The fourth-order valence-electron chi connectivity index (χ4n) is 2.70. The van der Waals surface area contributed by atoms with Crippen LogP contribution in [0.2, 0.25) is 0 Å². The van der Waals surface area contributed by atoms with E-state index in [1.165, 1.54) is 0 Å². The molecule has 0 saturated carbocycles. The molecule has 6 heteroatoms. The minimum atomic E-state index is -1.11. The molecule has 2 N–H and O–H groups in total. The van der Waals surface area contributed by atoms with Gasteiger partial charge < -0.3 is 14.9 Å². The Bertz CT molecular complexity index is 693. The number of amides is 1. The Kier molecular flexibility index (Phi) is 3.91. The monoisotopic (exact) mass is 300 g/mol. The lowest BCUT2D eigenvalue weighted by Gasteiger charge is -2.15. The number of benzene rings is 1. The van der Waals surface area contributed by atoms with E-state index >= 15 is 0 Å². The first kappa shape index (κ1) is 14.3. The zero-order valence-electron chi connectivity index (χ0n) is 11.9. The minimum absolute atomic E-state index is 0.205. The topological polar surface area (TPSA) is 92.4 Å². The maximum absolute atomic E-state index is 12.4. The number of rotatable bonds is 4. The number of aryl methyl sites for hydroxylation is 1. The fourth-order valence-corrected chi connectivity index (χ4v) is 2.70. The van der Waals surface area contributed by atoms with E-state index in [2.05, 4.69) is 10.5 Å². The number of aromatic nitrogens is 1. The lowest BCUT2D eigenvalue weighted by Crippen LogP contribution is -2.34. The molecule has 1 amide bonds. The van der Waals surface area contributed by atoms with Crippen molar-refractivity contribution >= 4 is 11.9 Å². The highest BCUT2D eigenvalue weighted by molar-refractivity contribution is 5.96. The molecule has 1 aromatic heterocycles. The van der Waals surface area contributed by atoms with Crippen LogP contribution in [-0.4, -0.2) is 22.1 Å². The molecule has 1 heterocycles. The molecule has 1 atom stereocenters. The first-order valence-corrected chi connectivity index (χ1v) is 7.23. The van der Waals surface area contributed by atoms with Crippen molar-refractivity contribution in [2.45, 2.75) is 31.7 Å². The smallest absolute Gasteiger partial charge is 0.330 e. The zero-order chi connectivity index (χ0) is 15.5. The Hall–Kier alpha value is -2.63. The van der Waals surface area contributed by atoms with Crippen LogP contribution < -0.4 is 5.32 Å². The van der Waals surface area contributed by atoms with Crippen LogP contribution in [0.1, 0.15) is 46.3 Å². The zero-order valence-corrected chi connectivity index (χ0v) is 11.9. The second kappa shape index (κ2) is 6.01. The summed E-state index contributed by atoms with van der Waals surface area (Å²) in [6.07, 6.45) is 3.52. The molecule has 0 bridgehead atoms. The summed E-state index contributed by atoms with van der Waals surface area (Å²) >= 11 is 0. The summed E-state index contributed by atoms with van der Waals surface area (Å²) < 4.78 is 5.20. The maximum atomic E-state index is 12.4. The Morgan fingerprint density at radius 2 is 1.91 bits per heavy atom. The van der Waals surface area contributed by atoms with Crippen LogP contribution in [0.25, 0.3) is 0 Å². The third-order valence-electron chi connectivity index (χ3n) is 3.82. The van der Waals surface area contributed by atoms with E-state index < -0.39 is 17.9 Å². The maximum Gasteiger partial charge on any atom is 0.330 e. The lowest BCUT2D eigenvalue weighted by molar-refractivity contribution is -0.139. The van der Waals surface area contributed by atoms with Crippen molar-refractivity contribution in [3.8, 4) is 0 Å². The van der Waals surface area contributed by atoms with Gasteiger partial charge in [-0.1, -0.05) is 35.5 Å². The van der Waals surface area contributed by atoms with E-state index in [1.54, 1.807) is 30.3 Å². The summed E-state index contributed by atoms with van der Waals surface area (Å²) in [5, 5.41) is 15.7. The summed E-state index contributed by atoms with van der Waals surface area (Å²) in [6.45, 7) is 0. The molecule has 1 aliphatic carbocycles. The van der Waals surface area contributed by atoms with Gasteiger partial charge in [-0.25, -0.2) is 4.79 Å². The van der Waals surface area contributed by atoms with Crippen molar-refractivity contribution in [2.24, 2.45) is 0 Å². The predicted octanol–water partition coefficient (Wildman–Crippen LogP) is 2.11. The Morgan fingerprint density at radius 1 is 1.18 bits per heavy atom. The van der Waals surface area contributed by atoms with Crippen LogP contribution in [0.5, 0.6) is 0 Å². The molecule has 1 aliphatic rings. The highest BCUT2D eigenvalue weighted by atomic mass is 16.5. The molecular weight excluding hydrogens is 284 g/mol. The van der Waals surface area contributed by atoms with E-state index in [4.69, 9.17) is 4.52 Å². The normalized spacial score (nSPS) is 14.9. The van der Waals surface area contributed by atoms with E-state index in [0.717, 1.165) is 37.0 Å². The second-order valence-corrected chi connectivity index (χ2v) is 5.30. The van der Waals surface area contributed by atoms with Crippen LogP contribution in [0.4, 0.5) is 0 Å². The van der Waals surface area contributed by atoms with Crippen molar-refractivity contribution in [3.05, 3.63) is 52.9 Å². The van der Waals surface area contributed by atoms with Crippen molar-refractivity contribution in [1.82, 2.24) is 10.5 Å². The van der Waals surface area contributed by atoms with Gasteiger partial charge >= 0.3 is 5.97 Å². The summed E-state index contributed by atoms with van der Waals surface area (Å²) in [5.41, 5.74) is 1.53. The van der Waals surface area contributed by atoms with Gasteiger partial charge in [-0.05, 0) is 24.8 Å². The molecule has 22 heavy (non-hydrogen) atoms. The highest BCUT2D eigenvalue weighted by Crippen LogP contribution is 2.24. The van der Waals surface area contributed by atoms with Gasteiger partial charge in [0, 0.05) is 12.0 Å². The van der Waals surface area contributed by atoms with E-state index in [0.29, 0.717) is 5.56 Å². The molecule has 3 rings (SSSR count). The molecule has 6 nitrogen and oxygen atoms in total. The molecular formula is C16H16N2O4. The first-order chi connectivity index (χ1) is 10.7. The summed E-state index contributed by atoms with van der Waals surface area (Å²) in [5.74, 6) is -0.886. The molecule has 114 valence electrons. The van der Waals surface area contributed by atoms with Gasteiger partial charge in [-0.3, -0.25) is 4.79 Å². The number of fused-ring (bicyclic) bond motifs is 1. The number of carboxylic acid groups (broad SMARTS) is 1. The lowest BCUT2D eigenvalue weighted by atomic mass is 9.96. The number of hydrogen-bond donors (Lipinski definition) is 2. The van der Waals surface area contributed by atoms with Gasteiger partial charge in [0.25, 0.3) is 5.91 Å². The third kappa shape index (κ3) is 2.72. The van der Waals surface area contributed by atoms with Crippen molar-refractivity contribution in [3.63, 3.8) is 0 Å². The van der Waals surface area contributed by atoms with Crippen molar-refractivity contribution in [1.29, 1.82) is 0 Å². The predicted molar refractivity (Wildman–Crippen MR) is 77.4 cm³/mol. The molecule has 0 unspecified atom stereocenters. The van der Waals surface area contributed by atoms with Gasteiger partial charge in [0.2, 0.25) is 0 Å². The van der Waals surface area contributed by atoms with Gasteiger partial charge in [0.1, 0.15) is 5.76 Å². The van der Waals surface area contributed by atoms with Gasteiger partial charge in [0.05, 0.1) is 0 Å². The first-order valence-electron chi connectivity index (χ1n) is 7.23. The number of hydrogen-bond acceptors (Lipinski definition) is 4. The molecule has 1 aromatic carbocycles. The quantitative estimate of drug-likeness (QED) is 0.902. The average molecular weight is 300 g/mol. The fraction of sp³-hybridized carbons (Fsp3) is 0.312. The van der Waals surface area contributed by atoms with E-state index in [9.17, 15) is 14.7 Å². The SMILES string of the molecule is O=C(N[C@@H](C(=O)O)c1ccccc1)c1noc2c1CCCC2. The largest absolute Gasteiger partial charge is 0.479 e. The molecule has 0 fully saturated rings. The van der Waals surface area contributed by atoms with Crippen LogP contribution >= 0.6 is 0 Å². The van der Waals surface area contributed by atoms with Gasteiger partial charge in [-0.2, -0.15) is 0 Å². The number of nitrogens with one attached hydrogen (secondary N) is 1. The average Bonchev–Trinajstić information content (AvgIpc) is 2.97. The summed E-state index contributed by atoms with van der Waals surface area (Å²) in [4.78, 5) is 23.8. The minimum Gasteiger partial charge on any atom is -0.479 e. The second-order valence-electron chi connectivity index (χ2n) is 5.30. The van der Waals surface area contributed by atoms with Crippen molar-refractivity contribution in [2.75, 3.05) is 0 Å². The van der Waals surface area contributed by atoms with Gasteiger partial charge in [-0.15, -0.1) is 0 Å². The number of carboxylic acids is 1. The molecule has 0 aliphatic heterocycles. The summed E-state index contributed by atoms with van der Waals surface area (Å²) in [7, 11) is 0. The summed E-state index contributed by atoms with van der Waals surface area (Å²) in [6, 6.07) is 7.47. The number of carbonyl (C=O) groups is 2. The third-order valence-corrected chi connectivity index (χ3v) is 3.82. The van der Waals surface area contributed by atoms with Crippen molar-refractivity contribution < 1.29 is 19.2 Å². The highest BCUT2D eigenvalue weighted by Gasteiger charge is 2.28. The van der Waals surface area contributed by atoms with Crippen LogP contribution in [0.3, 0.4) is 0 Å². The van der Waals surface area contributed by atoms with Crippen LogP contribution in [0, 0.1) is 0 Å². The molecule has 2 aromatic rings. The molecule has 0 spiro atoms.